The first kappa shape index (κ1) is 15.0. The highest BCUT2D eigenvalue weighted by atomic mass is 79.9. The van der Waals surface area contributed by atoms with Gasteiger partial charge in [-0.3, -0.25) is 0 Å². The van der Waals surface area contributed by atoms with Gasteiger partial charge in [0.25, 0.3) is 0 Å². The lowest BCUT2D eigenvalue weighted by Gasteiger charge is -2.17. The van der Waals surface area contributed by atoms with Crippen LogP contribution in [-0.4, -0.2) is 12.2 Å². The molecule has 20 heavy (non-hydrogen) atoms. The maximum atomic E-state index is 13.9. The van der Waals surface area contributed by atoms with E-state index in [1.807, 2.05) is 26.0 Å². The molecule has 2 nitrogen and oxygen atoms in total. The molecule has 0 spiro atoms. The Balaban J connectivity index is 2.52. The summed E-state index contributed by atoms with van der Waals surface area (Å²) >= 11 is 3.29. The van der Waals surface area contributed by atoms with Crippen LogP contribution in [0.2, 0.25) is 0 Å². The minimum atomic E-state index is -1.02. The molecule has 0 fully saturated rings. The second-order valence-corrected chi connectivity index (χ2v) is 5.58. The molecule has 0 aliphatic heterocycles. The van der Waals surface area contributed by atoms with Crippen LogP contribution in [0.3, 0.4) is 0 Å². The fourth-order valence-corrected chi connectivity index (χ4v) is 2.96. The number of hydrogen-bond acceptors (Lipinski definition) is 2. The van der Waals surface area contributed by atoms with Gasteiger partial charge in [-0.15, -0.1) is 0 Å². The molecule has 0 aliphatic rings. The van der Waals surface area contributed by atoms with E-state index in [2.05, 4.69) is 15.9 Å². The predicted octanol–water partition coefficient (Wildman–Crippen LogP) is 4.30. The monoisotopic (exact) mass is 338 g/mol. The second kappa shape index (κ2) is 5.94. The van der Waals surface area contributed by atoms with Gasteiger partial charge < -0.3 is 9.84 Å². The Hall–Kier alpha value is -1.39. The van der Waals surface area contributed by atoms with Crippen molar-refractivity contribution in [3.8, 4) is 5.75 Å². The molecular weight excluding hydrogens is 323 g/mol. The molecule has 0 aliphatic carbocycles. The number of ether oxygens (including phenoxy) is 1. The standard InChI is InChI=1S/C16H16BrFO2/c1-9-7-11(8-10(2)16(9)20-3)15(19)14-12(17)5-4-6-13(14)18/h4-8,15,19H,1-3H3. The maximum Gasteiger partial charge on any atom is 0.130 e. The number of hydrogen-bond donors (Lipinski definition) is 1. The first-order valence-electron chi connectivity index (χ1n) is 6.22. The molecule has 0 saturated carbocycles. The molecule has 0 aromatic heterocycles. The van der Waals surface area contributed by atoms with E-state index in [1.165, 1.54) is 6.07 Å². The van der Waals surface area contributed by atoms with Crippen LogP contribution in [0.5, 0.6) is 5.75 Å². The average molecular weight is 339 g/mol. The van der Waals surface area contributed by atoms with Crippen LogP contribution < -0.4 is 4.74 Å². The number of aliphatic hydroxyl groups excluding tert-OH is 1. The highest BCUT2D eigenvalue weighted by molar-refractivity contribution is 9.10. The summed E-state index contributed by atoms with van der Waals surface area (Å²) in [5.41, 5.74) is 2.71. The first-order valence-corrected chi connectivity index (χ1v) is 7.02. The highest BCUT2D eigenvalue weighted by Gasteiger charge is 2.19. The quantitative estimate of drug-likeness (QED) is 0.904. The van der Waals surface area contributed by atoms with Gasteiger partial charge in [0.1, 0.15) is 17.7 Å². The van der Waals surface area contributed by atoms with Crippen molar-refractivity contribution < 1.29 is 14.2 Å². The van der Waals surface area contributed by atoms with Crippen LogP contribution in [0.1, 0.15) is 28.4 Å². The molecule has 0 heterocycles. The molecule has 1 atom stereocenters. The Bertz CT molecular complexity index is 597. The molecular formula is C16H16BrFO2. The topological polar surface area (TPSA) is 29.5 Å². The SMILES string of the molecule is COc1c(C)cc(C(O)c2c(F)cccc2Br)cc1C. The fraction of sp³-hybridized carbons (Fsp3) is 0.250. The summed E-state index contributed by atoms with van der Waals surface area (Å²) in [7, 11) is 1.61. The van der Waals surface area contributed by atoms with Crippen molar-refractivity contribution in [1.82, 2.24) is 0 Å². The number of aryl methyl sites for hydroxylation is 2. The van der Waals surface area contributed by atoms with Crippen LogP contribution in [0.15, 0.2) is 34.8 Å². The summed E-state index contributed by atoms with van der Waals surface area (Å²) < 4.78 is 19.8. The molecule has 2 aromatic rings. The third-order valence-corrected chi connectivity index (χ3v) is 3.97. The van der Waals surface area contributed by atoms with E-state index in [1.54, 1.807) is 19.2 Å². The summed E-state index contributed by atoms with van der Waals surface area (Å²) in [5, 5.41) is 10.5. The highest BCUT2D eigenvalue weighted by Crippen LogP contribution is 2.34. The van der Waals surface area contributed by atoms with Gasteiger partial charge in [-0.25, -0.2) is 4.39 Å². The fourth-order valence-electron chi connectivity index (χ4n) is 2.40. The molecule has 106 valence electrons. The Morgan fingerprint density at radius 3 is 2.30 bits per heavy atom. The molecule has 2 aromatic carbocycles. The molecule has 0 saturated heterocycles. The maximum absolute atomic E-state index is 13.9. The van der Waals surface area contributed by atoms with Crippen LogP contribution in [0, 0.1) is 19.7 Å². The van der Waals surface area contributed by atoms with Gasteiger partial charge in [0.2, 0.25) is 0 Å². The number of rotatable bonds is 3. The Morgan fingerprint density at radius 2 is 1.80 bits per heavy atom. The van der Waals surface area contributed by atoms with Crippen LogP contribution >= 0.6 is 15.9 Å². The second-order valence-electron chi connectivity index (χ2n) is 4.73. The van der Waals surface area contributed by atoms with Crippen molar-refractivity contribution in [3.63, 3.8) is 0 Å². The van der Waals surface area contributed by atoms with Crippen molar-refractivity contribution in [2.45, 2.75) is 20.0 Å². The number of halogens is 2. The molecule has 4 heteroatoms. The van der Waals surface area contributed by atoms with Gasteiger partial charge in [-0.2, -0.15) is 0 Å². The number of aliphatic hydroxyl groups is 1. The molecule has 0 bridgehead atoms. The van der Waals surface area contributed by atoms with Crippen molar-refractivity contribution in [2.24, 2.45) is 0 Å². The van der Waals surface area contributed by atoms with Gasteiger partial charge in [0.05, 0.1) is 7.11 Å². The molecule has 0 radical (unpaired) electrons. The lowest BCUT2D eigenvalue weighted by atomic mass is 9.97. The van der Waals surface area contributed by atoms with Crippen LogP contribution in [-0.2, 0) is 0 Å². The lowest BCUT2D eigenvalue weighted by Crippen LogP contribution is -2.05. The average Bonchev–Trinajstić information content (AvgIpc) is 2.37. The Kier molecular flexibility index (Phi) is 4.45. The zero-order chi connectivity index (χ0) is 14.9. The van der Waals surface area contributed by atoms with E-state index in [9.17, 15) is 9.50 Å². The van der Waals surface area contributed by atoms with Crippen LogP contribution in [0.4, 0.5) is 4.39 Å². The van der Waals surface area contributed by atoms with Gasteiger partial charge in [0, 0.05) is 10.0 Å². The summed E-state index contributed by atoms with van der Waals surface area (Å²) in [6.07, 6.45) is -1.02. The van der Waals surface area contributed by atoms with Crippen molar-refractivity contribution >= 4 is 15.9 Å². The zero-order valence-electron chi connectivity index (χ0n) is 11.6. The van der Waals surface area contributed by atoms with Gasteiger partial charge in [0.15, 0.2) is 0 Å². The van der Waals surface area contributed by atoms with Crippen molar-refractivity contribution in [3.05, 3.63) is 62.9 Å². The first-order chi connectivity index (χ1) is 9.45. The van der Waals surface area contributed by atoms with Crippen molar-refractivity contribution in [2.75, 3.05) is 7.11 Å². The van der Waals surface area contributed by atoms with E-state index in [-0.39, 0.29) is 5.56 Å². The van der Waals surface area contributed by atoms with E-state index in [0.29, 0.717) is 10.0 Å². The smallest absolute Gasteiger partial charge is 0.130 e. The van der Waals surface area contributed by atoms with E-state index in [0.717, 1.165) is 16.9 Å². The Morgan fingerprint density at radius 1 is 1.20 bits per heavy atom. The molecule has 1 unspecified atom stereocenters. The summed E-state index contributed by atoms with van der Waals surface area (Å²) in [4.78, 5) is 0. The van der Waals surface area contributed by atoms with Gasteiger partial charge >= 0.3 is 0 Å². The number of methoxy groups -OCH3 is 1. The molecule has 2 rings (SSSR count). The Labute approximate surface area is 126 Å². The molecule has 0 amide bonds. The largest absolute Gasteiger partial charge is 0.496 e. The summed E-state index contributed by atoms with van der Waals surface area (Å²) in [6.45, 7) is 3.80. The zero-order valence-corrected chi connectivity index (χ0v) is 13.2. The minimum absolute atomic E-state index is 0.247. The van der Waals surface area contributed by atoms with E-state index >= 15 is 0 Å². The molecule has 1 N–H and O–H groups in total. The van der Waals surface area contributed by atoms with Crippen molar-refractivity contribution in [1.29, 1.82) is 0 Å². The summed E-state index contributed by atoms with van der Waals surface area (Å²) in [5.74, 6) is 0.353. The third-order valence-electron chi connectivity index (χ3n) is 3.28. The number of benzene rings is 2. The van der Waals surface area contributed by atoms with Gasteiger partial charge in [-0.1, -0.05) is 22.0 Å². The lowest BCUT2D eigenvalue weighted by molar-refractivity contribution is 0.214. The summed E-state index contributed by atoms with van der Waals surface area (Å²) in [6, 6.07) is 8.28. The predicted molar refractivity (Wildman–Crippen MR) is 80.6 cm³/mol. The van der Waals surface area contributed by atoms with E-state index in [4.69, 9.17) is 4.74 Å². The third kappa shape index (κ3) is 2.72. The normalized spacial score (nSPS) is 12.3. The van der Waals surface area contributed by atoms with Gasteiger partial charge in [-0.05, 0) is 54.8 Å². The van der Waals surface area contributed by atoms with E-state index < -0.39 is 11.9 Å². The minimum Gasteiger partial charge on any atom is -0.496 e. The van der Waals surface area contributed by atoms with Crippen LogP contribution in [0.25, 0.3) is 0 Å².